The molecule has 0 aliphatic carbocycles. The van der Waals surface area contributed by atoms with Crippen LogP contribution in [0.3, 0.4) is 0 Å². The molecule has 0 saturated carbocycles. The monoisotopic (exact) mass is 414 g/mol. The second-order valence-electron chi connectivity index (χ2n) is 6.11. The molecule has 1 heterocycles. The maximum Gasteiger partial charge on any atom is 0.335 e. The van der Waals surface area contributed by atoms with E-state index in [1.807, 2.05) is 6.92 Å². The van der Waals surface area contributed by atoms with Crippen molar-refractivity contribution in [3.63, 3.8) is 0 Å². The Kier molecular flexibility index (Phi) is 5.79. The lowest BCUT2D eigenvalue weighted by atomic mass is 10.1. The van der Waals surface area contributed by atoms with Crippen molar-refractivity contribution in [2.75, 3.05) is 13.7 Å². The van der Waals surface area contributed by atoms with Gasteiger partial charge in [-0.3, -0.25) is 9.89 Å². The van der Waals surface area contributed by atoms with Gasteiger partial charge in [0.1, 0.15) is 0 Å². The number of hydrogen-bond acceptors (Lipinski definition) is 4. The molecule has 0 spiro atoms. The van der Waals surface area contributed by atoms with Crippen molar-refractivity contribution >= 4 is 30.2 Å². The van der Waals surface area contributed by atoms with E-state index in [-0.39, 0.29) is 11.1 Å². The largest absolute Gasteiger partial charge is 0.491 e. The standard InChI is InChI=1S/C21H19ClN2O5/c1-4-29-18-10-13(9-17(22)19(18)28-3)8-16-12(2)23-24(20(16)25)15-7-5-6-14(11-15)21(26)27/h5-11,23H,2,4H2,1,3H3,(H,26,27)/b16-8-. The molecular weight excluding hydrogens is 396 g/mol. The van der Waals surface area contributed by atoms with Crippen molar-refractivity contribution in [1.82, 2.24) is 9.78 Å². The van der Waals surface area contributed by atoms with Crippen LogP contribution >= 0.6 is 11.6 Å². The third kappa shape index (κ3) is 4.05. The molecule has 0 bridgehead atoms. The number of carbonyl (C=O) groups is 1. The van der Waals surface area contributed by atoms with Gasteiger partial charge in [0.05, 0.1) is 40.6 Å². The summed E-state index contributed by atoms with van der Waals surface area (Å²) in [6, 6.07) is 9.42. The fourth-order valence-corrected chi connectivity index (χ4v) is 3.20. The molecule has 150 valence electrons. The number of H-pyrrole nitrogens is 1. The van der Waals surface area contributed by atoms with E-state index in [1.165, 1.54) is 23.9 Å². The average molecular weight is 415 g/mol. The molecule has 0 aliphatic heterocycles. The van der Waals surface area contributed by atoms with Crippen molar-refractivity contribution in [3.8, 4) is 17.2 Å². The molecule has 8 heteroatoms. The Hall–Kier alpha value is -3.45. The number of nitrogens with zero attached hydrogens (tertiary/aromatic N) is 1. The summed E-state index contributed by atoms with van der Waals surface area (Å²) in [7, 11) is 1.50. The first-order valence-electron chi connectivity index (χ1n) is 8.71. The van der Waals surface area contributed by atoms with Gasteiger partial charge in [-0.25, -0.2) is 9.48 Å². The van der Waals surface area contributed by atoms with Crippen LogP contribution < -0.4 is 25.6 Å². The molecule has 1 aromatic heterocycles. The van der Waals surface area contributed by atoms with Crippen molar-refractivity contribution in [2.45, 2.75) is 6.92 Å². The van der Waals surface area contributed by atoms with Crippen LogP contribution in [0.5, 0.6) is 11.5 Å². The smallest absolute Gasteiger partial charge is 0.335 e. The number of hydrogen-bond donors (Lipinski definition) is 2. The van der Waals surface area contributed by atoms with Crippen molar-refractivity contribution < 1.29 is 19.4 Å². The van der Waals surface area contributed by atoms with Gasteiger partial charge >= 0.3 is 5.97 Å². The van der Waals surface area contributed by atoms with Crippen molar-refractivity contribution in [1.29, 1.82) is 0 Å². The molecule has 3 aromatic rings. The van der Waals surface area contributed by atoms with Crippen LogP contribution in [-0.4, -0.2) is 34.6 Å². The maximum atomic E-state index is 12.9. The lowest BCUT2D eigenvalue weighted by Gasteiger charge is -2.11. The molecular formula is C21H19ClN2O5. The zero-order valence-electron chi connectivity index (χ0n) is 15.9. The Balaban J connectivity index is 2.16. The molecule has 7 nitrogen and oxygen atoms in total. The summed E-state index contributed by atoms with van der Waals surface area (Å²) in [5, 5.41) is 13.1. The summed E-state index contributed by atoms with van der Waals surface area (Å²) in [5.41, 5.74) is 0.722. The summed E-state index contributed by atoms with van der Waals surface area (Å²) < 4.78 is 12.1. The van der Waals surface area contributed by atoms with Gasteiger partial charge in [0.25, 0.3) is 5.56 Å². The van der Waals surface area contributed by atoms with Crippen LogP contribution in [-0.2, 0) is 0 Å². The van der Waals surface area contributed by atoms with Gasteiger partial charge in [-0.05, 0) is 48.9 Å². The predicted octanol–water partition coefficient (Wildman–Crippen LogP) is 2.16. The Morgan fingerprint density at radius 1 is 1.34 bits per heavy atom. The maximum absolute atomic E-state index is 12.9. The molecule has 0 radical (unpaired) electrons. The van der Waals surface area contributed by atoms with Crippen LogP contribution in [0.1, 0.15) is 22.8 Å². The highest BCUT2D eigenvalue weighted by Gasteiger charge is 2.12. The minimum Gasteiger partial charge on any atom is -0.491 e. The van der Waals surface area contributed by atoms with Gasteiger partial charge in [-0.1, -0.05) is 24.2 Å². The van der Waals surface area contributed by atoms with E-state index in [4.69, 9.17) is 26.2 Å². The molecule has 29 heavy (non-hydrogen) atoms. The van der Waals surface area contributed by atoms with E-state index in [0.29, 0.717) is 44.9 Å². The number of aromatic carboxylic acids is 1. The third-order valence-corrected chi connectivity index (χ3v) is 4.48. The minimum absolute atomic E-state index is 0.0726. The fourth-order valence-electron chi connectivity index (χ4n) is 2.90. The zero-order valence-corrected chi connectivity index (χ0v) is 16.6. The van der Waals surface area contributed by atoms with E-state index in [2.05, 4.69) is 11.7 Å². The number of ether oxygens (including phenoxy) is 2. The highest BCUT2D eigenvalue weighted by molar-refractivity contribution is 6.32. The van der Waals surface area contributed by atoms with E-state index in [1.54, 1.807) is 30.3 Å². The Morgan fingerprint density at radius 2 is 2.10 bits per heavy atom. The van der Waals surface area contributed by atoms with E-state index < -0.39 is 5.97 Å². The Bertz CT molecular complexity index is 1240. The zero-order chi connectivity index (χ0) is 21.1. The predicted molar refractivity (Wildman–Crippen MR) is 111 cm³/mol. The Morgan fingerprint density at radius 3 is 2.76 bits per heavy atom. The summed E-state index contributed by atoms with van der Waals surface area (Å²) in [5.74, 6) is -0.203. The number of rotatable bonds is 6. The molecule has 0 saturated heterocycles. The van der Waals surface area contributed by atoms with Gasteiger partial charge in [-0.15, -0.1) is 0 Å². The number of benzene rings is 2. The van der Waals surface area contributed by atoms with E-state index in [9.17, 15) is 9.59 Å². The molecule has 3 rings (SSSR count). The highest BCUT2D eigenvalue weighted by atomic mass is 35.5. The van der Waals surface area contributed by atoms with Gasteiger partial charge in [-0.2, -0.15) is 0 Å². The average Bonchev–Trinajstić information content (AvgIpc) is 2.96. The molecule has 0 atom stereocenters. The lowest BCUT2D eigenvalue weighted by Crippen LogP contribution is -2.34. The second-order valence-corrected chi connectivity index (χ2v) is 6.52. The molecule has 0 aliphatic rings. The van der Waals surface area contributed by atoms with Gasteiger partial charge in [0, 0.05) is 0 Å². The van der Waals surface area contributed by atoms with Crippen molar-refractivity contribution in [3.05, 3.63) is 73.5 Å². The van der Waals surface area contributed by atoms with Crippen LogP contribution in [0, 0.1) is 0 Å². The highest BCUT2D eigenvalue weighted by Crippen LogP contribution is 2.36. The SMILES string of the molecule is C=c1[nH]n(-c2cccc(C(=O)O)c2)c(=O)/c1=C\c1cc(Cl)c(OC)c(OCC)c1. The first kappa shape index (κ1) is 20.3. The molecule has 0 unspecified atom stereocenters. The number of methoxy groups -OCH3 is 1. The molecule has 2 aromatic carbocycles. The number of carboxylic acids is 1. The van der Waals surface area contributed by atoms with Gasteiger partial charge < -0.3 is 14.6 Å². The summed E-state index contributed by atoms with van der Waals surface area (Å²) in [6.45, 7) is 6.15. The summed E-state index contributed by atoms with van der Waals surface area (Å²) >= 11 is 6.28. The minimum atomic E-state index is -1.08. The quantitative estimate of drug-likeness (QED) is 0.644. The molecule has 2 N–H and O–H groups in total. The van der Waals surface area contributed by atoms with Crippen LogP contribution in [0.4, 0.5) is 0 Å². The number of carboxylic acid groups (broad SMARTS) is 1. The van der Waals surface area contributed by atoms with Crippen LogP contribution in [0.2, 0.25) is 5.02 Å². The summed E-state index contributed by atoms with van der Waals surface area (Å²) in [6.07, 6.45) is 1.63. The van der Waals surface area contributed by atoms with E-state index in [0.717, 1.165) is 0 Å². The number of aromatic nitrogens is 2. The fraction of sp³-hybridized carbons (Fsp3) is 0.143. The number of aromatic amines is 1. The van der Waals surface area contributed by atoms with Crippen LogP contribution in [0.25, 0.3) is 18.3 Å². The number of nitrogens with one attached hydrogen (secondary N) is 1. The lowest BCUT2D eigenvalue weighted by molar-refractivity contribution is 0.0697. The van der Waals surface area contributed by atoms with Gasteiger partial charge in [0.15, 0.2) is 11.5 Å². The van der Waals surface area contributed by atoms with Crippen molar-refractivity contribution in [2.24, 2.45) is 0 Å². The first-order chi connectivity index (χ1) is 13.8. The molecule has 0 amide bonds. The first-order valence-corrected chi connectivity index (χ1v) is 9.09. The van der Waals surface area contributed by atoms with Crippen LogP contribution in [0.15, 0.2) is 41.2 Å². The van der Waals surface area contributed by atoms with E-state index >= 15 is 0 Å². The normalized spacial score (nSPS) is 11.5. The Labute approximate surface area is 171 Å². The van der Waals surface area contributed by atoms with Gasteiger partial charge in [0.2, 0.25) is 0 Å². The molecule has 0 fully saturated rings. The number of halogens is 1. The third-order valence-electron chi connectivity index (χ3n) is 4.20. The topological polar surface area (TPSA) is 93.6 Å². The summed E-state index contributed by atoms with van der Waals surface area (Å²) in [4.78, 5) is 24.1. The second kappa shape index (κ2) is 8.28.